The Labute approximate surface area is 211 Å². The maximum atomic E-state index is 14.0. The lowest BCUT2D eigenvalue weighted by Crippen LogP contribution is -2.34. The van der Waals surface area contributed by atoms with Crippen molar-refractivity contribution >= 4 is 5.65 Å². The van der Waals surface area contributed by atoms with Crippen molar-refractivity contribution in [1.29, 1.82) is 5.26 Å². The summed E-state index contributed by atoms with van der Waals surface area (Å²) < 4.78 is 3.90. The van der Waals surface area contributed by atoms with E-state index in [1.54, 1.807) is 6.20 Å². The number of hydrogen-bond acceptors (Lipinski definition) is 4. The molecule has 0 amide bonds. The van der Waals surface area contributed by atoms with Crippen LogP contribution in [0.15, 0.2) is 65.6 Å². The molecule has 1 aliphatic rings. The van der Waals surface area contributed by atoms with Gasteiger partial charge in [-0.2, -0.15) is 10.4 Å². The summed E-state index contributed by atoms with van der Waals surface area (Å²) in [5, 5.41) is 24.1. The first-order chi connectivity index (χ1) is 17.6. The Kier molecular flexibility index (Phi) is 7.02. The normalized spacial score (nSPS) is 17.8. The highest BCUT2D eigenvalue weighted by Crippen LogP contribution is 2.30. The van der Waals surface area contributed by atoms with Crippen molar-refractivity contribution in [3.8, 4) is 17.2 Å². The van der Waals surface area contributed by atoms with Gasteiger partial charge in [-0.25, -0.2) is 4.52 Å². The molecule has 1 saturated carbocycles. The van der Waals surface area contributed by atoms with E-state index in [0.29, 0.717) is 12.0 Å². The molecule has 0 saturated heterocycles. The molecule has 6 heteroatoms. The minimum Gasteiger partial charge on any atom is -0.393 e. The molecule has 2 heterocycles. The Morgan fingerprint density at radius 1 is 1.06 bits per heavy atom. The highest BCUT2D eigenvalue weighted by molar-refractivity contribution is 5.70. The van der Waals surface area contributed by atoms with Gasteiger partial charge >= 0.3 is 0 Å². The van der Waals surface area contributed by atoms with E-state index >= 15 is 0 Å². The van der Waals surface area contributed by atoms with Gasteiger partial charge in [0.25, 0.3) is 5.56 Å². The Balaban J connectivity index is 1.56. The zero-order valence-electron chi connectivity index (χ0n) is 20.7. The number of aliphatic hydroxyl groups excluding tert-OH is 1. The monoisotopic (exact) mass is 480 g/mol. The van der Waals surface area contributed by atoms with Crippen molar-refractivity contribution in [2.75, 3.05) is 0 Å². The minimum absolute atomic E-state index is 0.0643. The van der Waals surface area contributed by atoms with Gasteiger partial charge in [-0.1, -0.05) is 55.8 Å². The summed E-state index contributed by atoms with van der Waals surface area (Å²) in [4.78, 5) is 14.0. The number of unbranched alkanes of at least 4 members (excludes halogenated alkanes) is 1. The Hall–Kier alpha value is -3.69. The van der Waals surface area contributed by atoms with Crippen LogP contribution in [-0.2, 0) is 12.8 Å². The summed E-state index contributed by atoms with van der Waals surface area (Å²) >= 11 is 0. The van der Waals surface area contributed by atoms with E-state index in [2.05, 4.69) is 30.2 Å². The summed E-state index contributed by atoms with van der Waals surface area (Å²) in [5.74, 6) is 0. The van der Waals surface area contributed by atoms with Gasteiger partial charge in [0.2, 0.25) is 0 Å². The van der Waals surface area contributed by atoms with Gasteiger partial charge in [-0.3, -0.25) is 9.36 Å². The van der Waals surface area contributed by atoms with E-state index in [1.165, 1.54) is 0 Å². The molecular formula is C30H32N4O2. The van der Waals surface area contributed by atoms with E-state index in [1.807, 2.05) is 51.5 Å². The fourth-order valence-electron chi connectivity index (χ4n) is 5.47. The van der Waals surface area contributed by atoms with Crippen LogP contribution in [0.2, 0.25) is 0 Å². The third-order valence-electron chi connectivity index (χ3n) is 7.44. The van der Waals surface area contributed by atoms with Crippen LogP contribution in [0.1, 0.15) is 73.9 Å². The summed E-state index contributed by atoms with van der Waals surface area (Å²) in [7, 11) is 0. The first kappa shape index (κ1) is 24.0. The van der Waals surface area contributed by atoms with Gasteiger partial charge < -0.3 is 5.11 Å². The molecule has 4 aromatic rings. The van der Waals surface area contributed by atoms with Crippen LogP contribution in [-0.4, -0.2) is 25.4 Å². The first-order valence-corrected chi connectivity index (χ1v) is 13.0. The van der Waals surface area contributed by atoms with Gasteiger partial charge in [0.1, 0.15) is 5.65 Å². The minimum atomic E-state index is -0.272. The quantitative estimate of drug-likeness (QED) is 0.382. The zero-order valence-corrected chi connectivity index (χ0v) is 20.7. The van der Waals surface area contributed by atoms with E-state index in [-0.39, 0.29) is 17.7 Å². The number of nitrogens with zero attached hydrogens (tertiary/aromatic N) is 4. The van der Waals surface area contributed by atoms with E-state index < -0.39 is 0 Å². The van der Waals surface area contributed by atoms with Crippen molar-refractivity contribution in [2.45, 2.75) is 70.4 Å². The topological polar surface area (TPSA) is 83.3 Å². The second-order valence-corrected chi connectivity index (χ2v) is 9.80. The molecule has 5 rings (SSSR count). The van der Waals surface area contributed by atoms with Crippen molar-refractivity contribution in [1.82, 2.24) is 14.2 Å². The SMILES string of the molecule is CCCCc1c(Cc2ccc(-c3ccccc3C#N)cc2)c(=O)n(C2CCC(O)CC2)c2ccnn12. The number of aromatic nitrogens is 3. The molecule has 0 spiro atoms. The predicted octanol–water partition coefficient (Wildman–Crippen LogP) is 5.44. The van der Waals surface area contributed by atoms with Crippen LogP contribution >= 0.6 is 0 Å². The summed E-state index contributed by atoms with van der Waals surface area (Å²) in [6, 6.07) is 20.1. The number of aryl methyl sites for hydroxylation is 1. The smallest absolute Gasteiger partial charge is 0.257 e. The molecule has 2 aromatic heterocycles. The number of rotatable bonds is 7. The highest BCUT2D eigenvalue weighted by Gasteiger charge is 2.26. The van der Waals surface area contributed by atoms with Crippen molar-refractivity contribution in [2.24, 2.45) is 0 Å². The number of fused-ring (bicyclic) bond motifs is 1. The summed E-state index contributed by atoms with van der Waals surface area (Å²) in [6.07, 6.45) is 7.90. The second-order valence-electron chi connectivity index (χ2n) is 9.80. The molecule has 1 fully saturated rings. The molecule has 6 nitrogen and oxygen atoms in total. The number of nitriles is 1. The van der Waals surface area contributed by atoms with Gasteiger partial charge in [-0.15, -0.1) is 0 Å². The summed E-state index contributed by atoms with van der Waals surface area (Å²) in [5.41, 5.74) is 6.31. The number of benzene rings is 2. The zero-order chi connectivity index (χ0) is 25.1. The van der Waals surface area contributed by atoms with Crippen LogP contribution in [0.25, 0.3) is 16.8 Å². The van der Waals surface area contributed by atoms with Gasteiger partial charge in [0.05, 0.1) is 29.6 Å². The standard InChI is InChI=1S/C30H32N4O2/c1-2-3-8-28-27(19-21-9-11-22(12-10-21)26-7-5-4-6-23(26)20-31)30(36)33(29-17-18-32-34(28)29)24-13-15-25(35)16-14-24/h4-7,9-12,17-18,24-25,35H,2-3,8,13-16,19H2,1H3. The Morgan fingerprint density at radius 2 is 1.81 bits per heavy atom. The lowest BCUT2D eigenvalue weighted by molar-refractivity contribution is 0.110. The molecule has 36 heavy (non-hydrogen) atoms. The molecule has 0 aliphatic heterocycles. The number of aliphatic hydroxyl groups is 1. The third-order valence-corrected chi connectivity index (χ3v) is 7.44. The maximum Gasteiger partial charge on any atom is 0.257 e. The van der Waals surface area contributed by atoms with Gasteiger partial charge in [0, 0.05) is 24.1 Å². The van der Waals surface area contributed by atoms with Crippen LogP contribution in [0.5, 0.6) is 0 Å². The molecule has 0 bridgehead atoms. The van der Waals surface area contributed by atoms with Crippen molar-refractivity contribution in [3.05, 3.63) is 93.5 Å². The average Bonchev–Trinajstić information content (AvgIpc) is 3.39. The van der Waals surface area contributed by atoms with E-state index in [0.717, 1.165) is 78.5 Å². The fourth-order valence-corrected chi connectivity index (χ4v) is 5.47. The maximum absolute atomic E-state index is 14.0. The molecule has 2 aromatic carbocycles. The largest absolute Gasteiger partial charge is 0.393 e. The Morgan fingerprint density at radius 3 is 2.53 bits per heavy atom. The van der Waals surface area contributed by atoms with Crippen molar-refractivity contribution in [3.63, 3.8) is 0 Å². The first-order valence-electron chi connectivity index (χ1n) is 13.0. The third kappa shape index (κ3) is 4.59. The van der Waals surface area contributed by atoms with Gasteiger partial charge in [-0.05, 0) is 61.3 Å². The van der Waals surface area contributed by atoms with E-state index in [4.69, 9.17) is 0 Å². The van der Waals surface area contributed by atoms with Crippen LogP contribution in [0.4, 0.5) is 0 Å². The number of hydrogen-bond donors (Lipinski definition) is 1. The molecule has 1 N–H and O–H groups in total. The fraction of sp³-hybridized carbons (Fsp3) is 0.367. The van der Waals surface area contributed by atoms with Crippen LogP contribution in [0, 0.1) is 11.3 Å². The predicted molar refractivity (Wildman–Crippen MR) is 141 cm³/mol. The van der Waals surface area contributed by atoms with E-state index in [9.17, 15) is 15.2 Å². The Bertz CT molecular complexity index is 1450. The average molecular weight is 481 g/mol. The highest BCUT2D eigenvalue weighted by atomic mass is 16.3. The molecular weight excluding hydrogens is 448 g/mol. The van der Waals surface area contributed by atoms with Crippen LogP contribution in [0.3, 0.4) is 0 Å². The van der Waals surface area contributed by atoms with Crippen molar-refractivity contribution < 1.29 is 5.11 Å². The molecule has 0 unspecified atom stereocenters. The lowest BCUT2D eigenvalue weighted by Gasteiger charge is -2.29. The molecule has 0 atom stereocenters. The lowest BCUT2D eigenvalue weighted by atomic mass is 9.92. The summed E-state index contributed by atoms with van der Waals surface area (Å²) in [6.45, 7) is 2.16. The molecule has 0 radical (unpaired) electrons. The molecule has 184 valence electrons. The molecule has 1 aliphatic carbocycles. The van der Waals surface area contributed by atoms with Crippen LogP contribution < -0.4 is 5.56 Å². The second kappa shape index (κ2) is 10.5. The van der Waals surface area contributed by atoms with Gasteiger partial charge in [0.15, 0.2) is 0 Å².